The van der Waals surface area contributed by atoms with E-state index in [1.807, 2.05) is 6.92 Å². The Bertz CT molecular complexity index is 365. The summed E-state index contributed by atoms with van der Waals surface area (Å²) in [6.45, 7) is 1.96. The Morgan fingerprint density at radius 2 is 2.15 bits per heavy atom. The van der Waals surface area contributed by atoms with Crippen molar-refractivity contribution in [1.29, 1.82) is 0 Å². The van der Waals surface area contributed by atoms with Crippen LogP contribution in [-0.2, 0) is 7.05 Å². The zero-order valence-electron chi connectivity index (χ0n) is 7.91. The van der Waals surface area contributed by atoms with E-state index in [-0.39, 0.29) is 11.3 Å². The Hall–Kier alpha value is -1.38. The summed E-state index contributed by atoms with van der Waals surface area (Å²) < 4.78 is 1.42. The first-order valence-corrected chi connectivity index (χ1v) is 4.35. The molecule has 3 heteroatoms. The van der Waals surface area contributed by atoms with E-state index in [0.717, 1.165) is 6.42 Å². The molecule has 0 saturated carbocycles. The van der Waals surface area contributed by atoms with E-state index in [1.165, 1.54) is 10.6 Å². The summed E-state index contributed by atoms with van der Waals surface area (Å²) in [5.41, 5.74) is 0.525. The number of aromatic nitrogens is 1. The molecule has 13 heavy (non-hydrogen) atoms. The van der Waals surface area contributed by atoms with Gasteiger partial charge >= 0.3 is 0 Å². The van der Waals surface area contributed by atoms with Gasteiger partial charge in [0.1, 0.15) is 0 Å². The van der Waals surface area contributed by atoms with E-state index in [4.69, 9.17) is 0 Å². The first-order valence-electron chi connectivity index (χ1n) is 4.35. The highest BCUT2D eigenvalue weighted by molar-refractivity contribution is 5.95. The molecular formula is C10H13NO2. The highest BCUT2D eigenvalue weighted by atomic mass is 16.1. The highest BCUT2D eigenvalue weighted by Crippen LogP contribution is 2.02. The van der Waals surface area contributed by atoms with E-state index in [0.29, 0.717) is 12.0 Å². The lowest BCUT2D eigenvalue weighted by Crippen LogP contribution is -2.16. The molecule has 0 spiro atoms. The maximum absolute atomic E-state index is 11.4. The molecule has 0 aliphatic rings. The molecule has 1 aromatic heterocycles. The molecule has 0 atom stereocenters. The first kappa shape index (κ1) is 9.71. The van der Waals surface area contributed by atoms with Crippen molar-refractivity contribution in [2.45, 2.75) is 19.8 Å². The number of carbonyl (C=O) groups excluding carboxylic acids is 1. The van der Waals surface area contributed by atoms with E-state index in [9.17, 15) is 9.59 Å². The SMILES string of the molecule is CCCC(=O)c1ccc(=O)n(C)c1. The smallest absolute Gasteiger partial charge is 0.250 e. The van der Waals surface area contributed by atoms with Gasteiger partial charge in [-0.15, -0.1) is 0 Å². The normalized spacial score (nSPS) is 10.0. The minimum Gasteiger partial charge on any atom is -0.318 e. The molecular weight excluding hydrogens is 166 g/mol. The van der Waals surface area contributed by atoms with Gasteiger partial charge < -0.3 is 4.57 Å². The number of pyridine rings is 1. The maximum atomic E-state index is 11.4. The Morgan fingerprint density at radius 3 is 2.69 bits per heavy atom. The molecule has 1 aromatic rings. The monoisotopic (exact) mass is 179 g/mol. The highest BCUT2D eigenvalue weighted by Gasteiger charge is 2.04. The van der Waals surface area contributed by atoms with Crippen LogP contribution in [0.3, 0.4) is 0 Å². The van der Waals surface area contributed by atoms with Crippen molar-refractivity contribution in [3.8, 4) is 0 Å². The van der Waals surface area contributed by atoms with Gasteiger partial charge in [0, 0.05) is 31.3 Å². The average Bonchev–Trinajstić information content (AvgIpc) is 2.10. The molecule has 3 nitrogen and oxygen atoms in total. The zero-order chi connectivity index (χ0) is 9.84. The number of Topliss-reactive ketones (excluding diaryl/α,β-unsaturated/α-hetero) is 1. The van der Waals surface area contributed by atoms with Crippen LogP contribution >= 0.6 is 0 Å². The fourth-order valence-corrected chi connectivity index (χ4v) is 1.13. The Balaban J connectivity index is 2.97. The molecule has 0 aromatic carbocycles. The number of aryl methyl sites for hydroxylation is 1. The number of hydrogen-bond acceptors (Lipinski definition) is 2. The summed E-state index contributed by atoms with van der Waals surface area (Å²) in [5.74, 6) is 0.0955. The van der Waals surface area contributed by atoms with Crippen molar-refractivity contribution in [2.75, 3.05) is 0 Å². The van der Waals surface area contributed by atoms with E-state index < -0.39 is 0 Å². The molecule has 0 aliphatic carbocycles. The minimum absolute atomic E-state index is 0.0898. The van der Waals surface area contributed by atoms with E-state index in [2.05, 4.69) is 0 Å². The summed E-state index contributed by atoms with van der Waals surface area (Å²) in [6, 6.07) is 3.00. The van der Waals surface area contributed by atoms with Crippen LogP contribution in [0.1, 0.15) is 30.1 Å². The summed E-state index contributed by atoms with van der Waals surface area (Å²) in [4.78, 5) is 22.4. The average molecular weight is 179 g/mol. The predicted molar refractivity (Wildman–Crippen MR) is 50.9 cm³/mol. The Labute approximate surface area is 77.0 Å². The molecule has 1 rings (SSSR count). The standard InChI is InChI=1S/C10H13NO2/c1-3-4-9(12)8-5-6-10(13)11(2)7-8/h5-7H,3-4H2,1-2H3. The van der Waals surface area contributed by atoms with Crippen LogP contribution in [-0.4, -0.2) is 10.4 Å². The topological polar surface area (TPSA) is 39.1 Å². The number of hydrogen-bond donors (Lipinski definition) is 0. The second-order valence-electron chi connectivity index (χ2n) is 3.04. The van der Waals surface area contributed by atoms with Crippen LogP contribution in [0.2, 0.25) is 0 Å². The van der Waals surface area contributed by atoms with E-state index in [1.54, 1.807) is 19.3 Å². The molecule has 0 N–H and O–H groups in total. The van der Waals surface area contributed by atoms with Gasteiger partial charge in [0.2, 0.25) is 5.56 Å². The molecule has 1 heterocycles. The summed E-state index contributed by atoms with van der Waals surface area (Å²) in [7, 11) is 1.64. The lowest BCUT2D eigenvalue weighted by molar-refractivity contribution is 0.0981. The van der Waals surface area contributed by atoms with Gasteiger partial charge in [-0.2, -0.15) is 0 Å². The summed E-state index contributed by atoms with van der Waals surface area (Å²) >= 11 is 0. The number of nitrogens with zero attached hydrogens (tertiary/aromatic N) is 1. The van der Waals surface area contributed by atoms with Gasteiger partial charge in [0.25, 0.3) is 0 Å². The van der Waals surface area contributed by atoms with Crippen molar-refractivity contribution >= 4 is 5.78 Å². The maximum Gasteiger partial charge on any atom is 0.250 e. The van der Waals surface area contributed by atoms with Crippen LogP contribution < -0.4 is 5.56 Å². The quantitative estimate of drug-likeness (QED) is 0.657. The number of rotatable bonds is 3. The van der Waals surface area contributed by atoms with Gasteiger partial charge in [-0.3, -0.25) is 9.59 Å². The molecule has 0 fully saturated rings. The fourth-order valence-electron chi connectivity index (χ4n) is 1.13. The molecule has 0 amide bonds. The van der Waals surface area contributed by atoms with Crippen LogP contribution in [0.5, 0.6) is 0 Å². The van der Waals surface area contributed by atoms with Crippen LogP contribution in [0.25, 0.3) is 0 Å². The van der Waals surface area contributed by atoms with Crippen LogP contribution in [0.15, 0.2) is 23.1 Å². The predicted octanol–water partition coefficient (Wildman–Crippen LogP) is 1.37. The van der Waals surface area contributed by atoms with Gasteiger partial charge in [0.05, 0.1) is 0 Å². The van der Waals surface area contributed by atoms with Crippen molar-refractivity contribution in [2.24, 2.45) is 7.05 Å². The summed E-state index contributed by atoms with van der Waals surface area (Å²) in [6.07, 6.45) is 2.96. The van der Waals surface area contributed by atoms with Gasteiger partial charge in [-0.1, -0.05) is 6.92 Å². The largest absolute Gasteiger partial charge is 0.318 e. The molecule has 0 aliphatic heterocycles. The zero-order valence-corrected chi connectivity index (χ0v) is 7.91. The lowest BCUT2D eigenvalue weighted by atomic mass is 10.1. The van der Waals surface area contributed by atoms with Crippen LogP contribution in [0, 0.1) is 0 Å². The third-order valence-electron chi connectivity index (χ3n) is 1.88. The molecule has 0 unspecified atom stereocenters. The second kappa shape index (κ2) is 4.03. The molecule has 70 valence electrons. The number of carbonyl (C=O) groups is 1. The molecule has 0 bridgehead atoms. The van der Waals surface area contributed by atoms with Crippen LogP contribution in [0.4, 0.5) is 0 Å². The van der Waals surface area contributed by atoms with Crippen molar-refractivity contribution in [3.63, 3.8) is 0 Å². The first-order chi connectivity index (χ1) is 6.15. The van der Waals surface area contributed by atoms with Crippen molar-refractivity contribution < 1.29 is 4.79 Å². The molecule has 0 radical (unpaired) electrons. The van der Waals surface area contributed by atoms with Crippen molar-refractivity contribution in [3.05, 3.63) is 34.2 Å². The minimum atomic E-state index is -0.0898. The number of ketones is 1. The lowest BCUT2D eigenvalue weighted by Gasteiger charge is -2.01. The van der Waals surface area contributed by atoms with Crippen molar-refractivity contribution in [1.82, 2.24) is 4.57 Å². The van der Waals surface area contributed by atoms with Gasteiger partial charge in [-0.05, 0) is 12.5 Å². The van der Waals surface area contributed by atoms with Gasteiger partial charge in [-0.25, -0.2) is 0 Å². The second-order valence-corrected chi connectivity index (χ2v) is 3.04. The Kier molecular flexibility index (Phi) is 3.01. The Morgan fingerprint density at radius 1 is 1.46 bits per heavy atom. The molecule has 0 saturated heterocycles. The van der Waals surface area contributed by atoms with E-state index >= 15 is 0 Å². The third kappa shape index (κ3) is 2.28. The summed E-state index contributed by atoms with van der Waals surface area (Å²) in [5, 5.41) is 0. The fraction of sp³-hybridized carbons (Fsp3) is 0.400. The van der Waals surface area contributed by atoms with Gasteiger partial charge in [0.15, 0.2) is 5.78 Å². The third-order valence-corrected chi connectivity index (χ3v) is 1.88.